The summed E-state index contributed by atoms with van der Waals surface area (Å²) < 4.78 is 2.07. The van der Waals surface area contributed by atoms with Gasteiger partial charge < -0.3 is 9.67 Å². The Bertz CT molecular complexity index is 1710. The third kappa shape index (κ3) is 4.57. The number of fused-ring (bicyclic) bond motifs is 1. The molecule has 4 aromatic carbocycles. The predicted molar refractivity (Wildman–Crippen MR) is 149 cm³/mol. The van der Waals surface area contributed by atoms with Crippen LogP contribution >= 0.6 is 0 Å². The van der Waals surface area contributed by atoms with Crippen molar-refractivity contribution in [2.24, 2.45) is 7.05 Å². The summed E-state index contributed by atoms with van der Waals surface area (Å²) in [5, 5.41) is 11.1. The first-order valence-corrected chi connectivity index (χ1v) is 12.4. The molecule has 0 spiro atoms. The Morgan fingerprint density at radius 1 is 0.789 bits per heavy atom. The van der Waals surface area contributed by atoms with Crippen molar-refractivity contribution in [3.8, 4) is 39.5 Å². The van der Waals surface area contributed by atoms with E-state index in [-0.39, 0.29) is 32.7 Å². The van der Waals surface area contributed by atoms with Crippen molar-refractivity contribution in [2.45, 2.75) is 12.8 Å². The number of hydrogen-bond donors (Lipinski definition) is 1. The van der Waals surface area contributed by atoms with Gasteiger partial charge in [-0.2, -0.15) is 0 Å². The molecule has 0 fully saturated rings. The van der Waals surface area contributed by atoms with Gasteiger partial charge in [0.05, 0.1) is 16.6 Å². The van der Waals surface area contributed by atoms with Crippen LogP contribution in [0, 0.1) is 6.07 Å². The second-order valence-corrected chi connectivity index (χ2v) is 9.23. The molecule has 0 aliphatic heterocycles. The van der Waals surface area contributed by atoms with E-state index in [1.165, 1.54) is 5.56 Å². The predicted octanol–water partition coefficient (Wildman–Crippen LogP) is 7.62. The first kappa shape index (κ1) is 25.6. The second-order valence-electron chi connectivity index (χ2n) is 9.23. The number of phenolic OH excluding ortho intramolecular Hbond substituents is 1. The van der Waals surface area contributed by atoms with Crippen LogP contribution in [-0.2, 0) is 28.1 Å². The maximum atomic E-state index is 11.1. The number of rotatable bonds is 5. The molecule has 0 aliphatic rings. The summed E-state index contributed by atoms with van der Waals surface area (Å²) in [6.07, 6.45) is 1.79. The molecule has 1 N–H and O–H groups in total. The van der Waals surface area contributed by atoms with Gasteiger partial charge in [-0.05, 0) is 29.3 Å². The molecule has 6 rings (SSSR count). The Labute approximate surface area is 236 Å². The van der Waals surface area contributed by atoms with Crippen molar-refractivity contribution in [2.75, 3.05) is 0 Å². The molecule has 38 heavy (non-hydrogen) atoms. The Hall–Kier alpha value is -4.01. The molecule has 0 saturated carbocycles. The van der Waals surface area contributed by atoms with Gasteiger partial charge >= 0.3 is 0 Å². The zero-order chi connectivity index (χ0) is 25.4. The summed E-state index contributed by atoms with van der Waals surface area (Å²) in [7, 11) is 2.01. The molecule has 4 nitrogen and oxygen atoms in total. The van der Waals surface area contributed by atoms with Crippen molar-refractivity contribution < 1.29 is 26.2 Å². The van der Waals surface area contributed by atoms with Crippen LogP contribution in [0.4, 0.5) is 0 Å². The molecular formula is C33H26N3OPt-. The maximum Gasteiger partial charge on any atom is 0.144 e. The van der Waals surface area contributed by atoms with Crippen LogP contribution in [-0.4, -0.2) is 19.6 Å². The quantitative estimate of drug-likeness (QED) is 0.191. The first-order chi connectivity index (χ1) is 18.1. The second kappa shape index (κ2) is 10.8. The van der Waals surface area contributed by atoms with E-state index in [9.17, 15) is 5.11 Å². The molecule has 190 valence electrons. The summed E-state index contributed by atoms with van der Waals surface area (Å²) in [5.41, 5.74) is 8.61. The molecule has 0 radical (unpaired) electrons. The third-order valence-corrected chi connectivity index (χ3v) is 7.00. The van der Waals surface area contributed by atoms with Crippen LogP contribution in [0.3, 0.4) is 0 Å². The topological polar surface area (TPSA) is 50.9 Å². The van der Waals surface area contributed by atoms with Crippen molar-refractivity contribution >= 4 is 11.0 Å². The minimum atomic E-state index is 0. The van der Waals surface area contributed by atoms with E-state index in [1.54, 1.807) is 12.3 Å². The standard InChI is InChI=1S/C33H26N3O.Pt/c1-22(23-11-4-3-5-12-23)26-15-10-19-30(37)31(26)33-35-32-27(16-9-18-29(32)36(33)2)24-13-8-14-25(21-24)28-17-6-7-20-34-28;/h3-20,22,37H,1-2H3;/q-1;. The minimum Gasteiger partial charge on any atom is -0.507 e. The zero-order valence-corrected chi connectivity index (χ0v) is 23.3. The Morgan fingerprint density at radius 2 is 1.53 bits per heavy atom. The fourth-order valence-corrected chi connectivity index (χ4v) is 5.04. The van der Waals surface area contributed by atoms with Crippen LogP contribution < -0.4 is 0 Å². The number of nitrogens with zero attached hydrogens (tertiary/aromatic N) is 3. The average molecular weight is 676 g/mol. The summed E-state index contributed by atoms with van der Waals surface area (Å²) in [5.74, 6) is 1.05. The summed E-state index contributed by atoms with van der Waals surface area (Å²) >= 11 is 0. The van der Waals surface area contributed by atoms with E-state index < -0.39 is 0 Å². The number of para-hydroxylation sites is 1. The minimum absolute atomic E-state index is 0. The SMILES string of the molecule is CC(c1ccccc1)c1cccc(O)c1-c1nc2c(-c3[c-]c(-c4ccccn4)ccc3)cccc2n1C.[Pt]. The number of aromatic hydroxyl groups is 1. The van der Waals surface area contributed by atoms with Crippen LogP contribution in [0.15, 0.2) is 109 Å². The van der Waals surface area contributed by atoms with Gasteiger partial charge in [-0.3, -0.25) is 4.98 Å². The van der Waals surface area contributed by atoms with Crippen molar-refractivity contribution in [1.29, 1.82) is 0 Å². The largest absolute Gasteiger partial charge is 0.507 e. The molecule has 0 bridgehead atoms. The molecule has 6 aromatic rings. The molecular weight excluding hydrogens is 649 g/mol. The Kier molecular flexibility index (Phi) is 7.26. The monoisotopic (exact) mass is 675 g/mol. The fraction of sp³-hybridized carbons (Fsp3) is 0.0909. The van der Waals surface area contributed by atoms with Gasteiger partial charge in [0.1, 0.15) is 11.6 Å². The van der Waals surface area contributed by atoms with E-state index in [0.717, 1.165) is 50.4 Å². The number of pyridine rings is 1. The van der Waals surface area contributed by atoms with Crippen LogP contribution in [0.1, 0.15) is 24.0 Å². The maximum absolute atomic E-state index is 11.1. The molecule has 0 saturated heterocycles. The number of aromatic nitrogens is 3. The fourth-order valence-electron chi connectivity index (χ4n) is 5.04. The van der Waals surface area contributed by atoms with Crippen LogP contribution in [0.5, 0.6) is 5.75 Å². The van der Waals surface area contributed by atoms with Crippen LogP contribution in [0.25, 0.3) is 44.8 Å². The summed E-state index contributed by atoms with van der Waals surface area (Å²) in [4.78, 5) is 9.61. The Balaban J connectivity index is 0.00000294. The van der Waals surface area contributed by atoms with Gasteiger partial charge in [0.2, 0.25) is 0 Å². The first-order valence-electron chi connectivity index (χ1n) is 12.4. The van der Waals surface area contributed by atoms with Gasteiger partial charge in [-0.15, -0.1) is 29.8 Å². The van der Waals surface area contributed by atoms with Crippen molar-refractivity contribution in [1.82, 2.24) is 14.5 Å². The average Bonchev–Trinajstić information content (AvgIpc) is 3.29. The number of phenols is 1. The Morgan fingerprint density at radius 3 is 2.32 bits per heavy atom. The molecule has 0 aliphatic carbocycles. The van der Waals surface area contributed by atoms with E-state index in [1.807, 2.05) is 67.7 Å². The molecule has 0 amide bonds. The van der Waals surface area contributed by atoms with Crippen molar-refractivity contribution in [3.63, 3.8) is 0 Å². The molecule has 1 atom stereocenters. The summed E-state index contributed by atoms with van der Waals surface area (Å²) in [6, 6.07) is 37.8. The zero-order valence-electron chi connectivity index (χ0n) is 21.1. The van der Waals surface area contributed by atoms with E-state index in [4.69, 9.17) is 4.98 Å². The summed E-state index contributed by atoms with van der Waals surface area (Å²) in [6.45, 7) is 2.17. The molecule has 5 heteroatoms. The van der Waals surface area contributed by atoms with Gasteiger partial charge in [0.25, 0.3) is 0 Å². The number of imidazole rings is 1. The number of benzene rings is 4. The number of aryl methyl sites for hydroxylation is 1. The van der Waals surface area contributed by atoms with Gasteiger partial charge in [0, 0.05) is 45.9 Å². The van der Waals surface area contributed by atoms with Crippen molar-refractivity contribution in [3.05, 3.63) is 127 Å². The smallest absolute Gasteiger partial charge is 0.144 e. The molecule has 1 unspecified atom stereocenters. The van der Waals surface area contributed by atoms with Gasteiger partial charge in [-0.25, -0.2) is 4.98 Å². The number of hydrogen-bond acceptors (Lipinski definition) is 3. The van der Waals surface area contributed by atoms with Gasteiger partial charge in [-0.1, -0.05) is 84.8 Å². The third-order valence-electron chi connectivity index (χ3n) is 7.00. The van der Waals surface area contributed by atoms with Crippen LogP contribution in [0.2, 0.25) is 0 Å². The van der Waals surface area contributed by atoms with Gasteiger partial charge in [0.15, 0.2) is 0 Å². The molecule has 2 heterocycles. The van der Waals surface area contributed by atoms with E-state index >= 15 is 0 Å². The normalized spacial score (nSPS) is 11.7. The van der Waals surface area contributed by atoms with E-state index in [2.05, 4.69) is 58.9 Å². The molecule has 2 aromatic heterocycles. The van der Waals surface area contributed by atoms with E-state index in [0.29, 0.717) is 0 Å².